The number of rotatable bonds is 6. The SMILES string of the molecule is CC(C)C(C)Nc1nc(Nc2ccccc2)ncc1C(N)=O. The molecule has 0 saturated heterocycles. The topological polar surface area (TPSA) is 92.9 Å². The Morgan fingerprint density at radius 2 is 1.86 bits per heavy atom. The van der Waals surface area contributed by atoms with Gasteiger partial charge in [-0.15, -0.1) is 0 Å². The highest BCUT2D eigenvalue weighted by Gasteiger charge is 2.15. The van der Waals surface area contributed by atoms with Gasteiger partial charge in [0.15, 0.2) is 0 Å². The quantitative estimate of drug-likeness (QED) is 0.762. The Labute approximate surface area is 130 Å². The van der Waals surface area contributed by atoms with Crippen molar-refractivity contribution in [2.24, 2.45) is 11.7 Å². The lowest BCUT2D eigenvalue weighted by molar-refractivity contribution is 0.100. The summed E-state index contributed by atoms with van der Waals surface area (Å²) in [4.78, 5) is 20.0. The van der Waals surface area contributed by atoms with Crippen LogP contribution >= 0.6 is 0 Å². The molecule has 2 rings (SSSR count). The van der Waals surface area contributed by atoms with E-state index < -0.39 is 5.91 Å². The van der Waals surface area contributed by atoms with Crippen LogP contribution in [0.3, 0.4) is 0 Å². The zero-order valence-electron chi connectivity index (χ0n) is 13.0. The Morgan fingerprint density at radius 3 is 2.45 bits per heavy atom. The second-order valence-corrected chi connectivity index (χ2v) is 5.49. The second-order valence-electron chi connectivity index (χ2n) is 5.49. The van der Waals surface area contributed by atoms with Gasteiger partial charge in [0.2, 0.25) is 5.95 Å². The maximum atomic E-state index is 11.5. The zero-order chi connectivity index (χ0) is 16.1. The van der Waals surface area contributed by atoms with Crippen molar-refractivity contribution in [3.63, 3.8) is 0 Å². The molecule has 22 heavy (non-hydrogen) atoms. The van der Waals surface area contributed by atoms with E-state index in [4.69, 9.17) is 5.73 Å². The van der Waals surface area contributed by atoms with Gasteiger partial charge in [-0.1, -0.05) is 32.0 Å². The number of hydrogen-bond donors (Lipinski definition) is 3. The Hall–Kier alpha value is -2.63. The van der Waals surface area contributed by atoms with E-state index in [-0.39, 0.29) is 11.6 Å². The van der Waals surface area contributed by atoms with Crippen molar-refractivity contribution in [3.8, 4) is 0 Å². The minimum absolute atomic E-state index is 0.151. The van der Waals surface area contributed by atoms with Gasteiger partial charge >= 0.3 is 0 Å². The summed E-state index contributed by atoms with van der Waals surface area (Å²) >= 11 is 0. The number of nitrogens with zero attached hydrogens (tertiary/aromatic N) is 2. The van der Waals surface area contributed by atoms with E-state index >= 15 is 0 Å². The van der Waals surface area contributed by atoms with E-state index in [9.17, 15) is 4.79 Å². The molecule has 1 amide bonds. The van der Waals surface area contributed by atoms with Crippen LogP contribution in [0, 0.1) is 5.92 Å². The van der Waals surface area contributed by atoms with E-state index in [0.717, 1.165) is 5.69 Å². The maximum absolute atomic E-state index is 11.5. The first kappa shape index (κ1) is 15.8. The number of benzene rings is 1. The monoisotopic (exact) mass is 299 g/mol. The molecule has 6 nitrogen and oxygen atoms in total. The Kier molecular flexibility index (Phi) is 4.93. The van der Waals surface area contributed by atoms with E-state index in [2.05, 4.69) is 34.4 Å². The molecule has 2 aromatic rings. The summed E-state index contributed by atoms with van der Waals surface area (Å²) < 4.78 is 0. The van der Waals surface area contributed by atoms with Crippen molar-refractivity contribution >= 4 is 23.4 Å². The molecule has 116 valence electrons. The largest absolute Gasteiger partial charge is 0.367 e. The number of carbonyl (C=O) groups is 1. The average Bonchev–Trinajstić information content (AvgIpc) is 2.48. The minimum Gasteiger partial charge on any atom is -0.367 e. The van der Waals surface area contributed by atoms with Gasteiger partial charge in [0.05, 0.1) is 5.56 Å². The maximum Gasteiger partial charge on any atom is 0.254 e. The summed E-state index contributed by atoms with van der Waals surface area (Å²) in [6.07, 6.45) is 1.44. The molecule has 1 unspecified atom stereocenters. The minimum atomic E-state index is -0.551. The first-order valence-electron chi connectivity index (χ1n) is 7.23. The van der Waals surface area contributed by atoms with Crippen LogP contribution in [0.2, 0.25) is 0 Å². The molecule has 0 bridgehead atoms. The molecule has 0 aliphatic carbocycles. The van der Waals surface area contributed by atoms with Gasteiger partial charge in [0.1, 0.15) is 5.82 Å². The van der Waals surface area contributed by atoms with Crippen LogP contribution in [0.25, 0.3) is 0 Å². The molecular formula is C16H21N5O. The van der Waals surface area contributed by atoms with E-state index in [1.807, 2.05) is 37.3 Å². The van der Waals surface area contributed by atoms with Gasteiger partial charge in [0, 0.05) is 17.9 Å². The highest BCUT2D eigenvalue weighted by Crippen LogP contribution is 2.19. The average molecular weight is 299 g/mol. The van der Waals surface area contributed by atoms with E-state index in [1.54, 1.807) is 0 Å². The predicted molar refractivity (Wildman–Crippen MR) is 88.2 cm³/mol. The summed E-state index contributed by atoms with van der Waals surface area (Å²) in [5.74, 6) is 0.697. The fourth-order valence-corrected chi connectivity index (χ4v) is 1.77. The van der Waals surface area contributed by atoms with Crippen molar-refractivity contribution in [1.29, 1.82) is 0 Å². The zero-order valence-corrected chi connectivity index (χ0v) is 13.0. The molecule has 0 saturated carbocycles. The number of aromatic nitrogens is 2. The molecule has 1 aromatic carbocycles. The van der Waals surface area contributed by atoms with Crippen LogP contribution in [0.5, 0.6) is 0 Å². The van der Waals surface area contributed by atoms with Gasteiger partial charge in [-0.3, -0.25) is 4.79 Å². The summed E-state index contributed by atoms with van der Waals surface area (Å²) in [5, 5.41) is 6.32. The highest BCUT2D eigenvalue weighted by atomic mass is 16.1. The smallest absolute Gasteiger partial charge is 0.254 e. The molecular weight excluding hydrogens is 278 g/mol. The third kappa shape index (κ3) is 3.94. The number of nitrogens with one attached hydrogen (secondary N) is 2. The van der Waals surface area contributed by atoms with Crippen LogP contribution in [0.4, 0.5) is 17.5 Å². The molecule has 0 aliphatic heterocycles. The van der Waals surface area contributed by atoms with Gasteiger partial charge in [-0.2, -0.15) is 4.98 Å². The number of carbonyl (C=O) groups excluding carboxylic acids is 1. The van der Waals surface area contributed by atoms with Crippen molar-refractivity contribution < 1.29 is 4.79 Å². The molecule has 4 N–H and O–H groups in total. The van der Waals surface area contributed by atoms with Gasteiger partial charge in [0.25, 0.3) is 5.91 Å². The van der Waals surface area contributed by atoms with Gasteiger partial charge in [-0.25, -0.2) is 4.98 Å². The molecule has 1 aromatic heterocycles. The molecule has 1 heterocycles. The van der Waals surface area contributed by atoms with E-state index in [0.29, 0.717) is 17.7 Å². The first-order chi connectivity index (χ1) is 10.5. The number of hydrogen-bond acceptors (Lipinski definition) is 5. The predicted octanol–water partition coefficient (Wildman–Crippen LogP) is 2.78. The third-order valence-electron chi connectivity index (χ3n) is 3.45. The molecule has 6 heteroatoms. The van der Waals surface area contributed by atoms with Crippen molar-refractivity contribution in [2.75, 3.05) is 10.6 Å². The summed E-state index contributed by atoms with van der Waals surface area (Å²) in [7, 11) is 0. The summed E-state index contributed by atoms with van der Waals surface area (Å²) in [6, 6.07) is 9.74. The first-order valence-corrected chi connectivity index (χ1v) is 7.23. The van der Waals surface area contributed by atoms with Gasteiger partial charge < -0.3 is 16.4 Å². The van der Waals surface area contributed by atoms with Crippen LogP contribution in [0.1, 0.15) is 31.1 Å². The van der Waals surface area contributed by atoms with Crippen LogP contribution in [0.15, 0.2) is 36.5 Å². The Bertz CT molecular complexity index is 642. The summed E-state index contributed by atoms with van der Waals surface area (Å²) in [5.41, 5.74) is 6.55. The Balaban J connectivity index is 2.28. The van der Waals surface area contributed by atoms with E-state index in [1.165, 1.54) is 6.20 Å². The lowest BCUT2D eigenvalue weighted by atomic mass is 10.1. The van der Waals surface area contributed by atoms with Crippen molar-refractivity contribution in [3.05, 3.63) is 42.1 Å². The highest BCUT2D eigenvalue weighted by molar-refractivity contribution is 5.97. The normalized spacial score (nSPS) is 12.0. The number of nitrogens with two attached hydrogens (primary N) is 1. The van der Waals surface area contributed by atoms with Crippen molar-refractivity contribution in [2.45, 2.75) is 26.8 Å². The molecule has 0 fully saturated rings. The van der Waals surface area contributed by atoms with Crippen molar-refractivity contribution in [1.82, 2.24) is 9.97 Å². The number of primary amides is 1. The molecule has 1 atom stereocenters. The fourth-order valence-electron chi connectivity index (χ4n) is 1.77. The van der Waals surface area contributed by atoms with Gasteiger partial charge in [-0.05, 0) is 25.0 Å². The number of amides is 1. The standard InChI is InChI=1S/C16H21N5O/c1-10(2)11(3)19-15-13(14(17)22)9-18-16(21-15)20-12-7-5-4-6-8-12/h4-11H,1-3H3,(H2,17,22)(H2,18,19,20,21). The third-order valence-corrected chi connectivity index (χ3v) is 3.45. The number of para-hydroxylation sites is 1. The molecule has 0 spiro atoms. The number of anilines is 3. The lowest BCUT2D eigenvalue weighted by Gasteiger charge is -2.19. The lowest BCUT2D eigenvalue weighted by Crippen LogP contribution is -2.25. The van der Waals surface area contributed by atoms with Crippen LogP contribution < -0.4 is 16.4 Å². The summed E-state index contributed by atoms with van der Waals surface area (Å²) in [6.45, 7) is 6.21. The second kappa shape index (κ2) is 6.89. The molecule has 0 radical (unpaired) electrons. The van der Waals surface area contributed by atoms with Crippen LogP contribution in [-0.2, 0) is 0 Å². The Morgan fingerprint density at radius 1 is 1.18 bits per heavy atom. The van der Waals surface area contributed by atoms with Crippen LogP contribution in [-0.4, -0.2) is 21.9 Å². The fraction of sp³-hybridized carbons (Fsp3) is 0.312. The molecule has 0 aliphatic rings.